The van der Waals surface area contributed by atoms with Crippen LogP contribution in [0, 0.1) is 12.7 Å². The van der Waals surface area contributed by atoms with E-state index in [1.54, 1.807) is 19.1 Å². The molecular weight excluding hydrogens is 250 g/mol. The maximum atomic E-state index is 13.6. The molecule has 16 heavy (non-hydrogen) atoms. The molecule has 0 aliphatic carbocycles. The van der Waals surface area contributed by atoms with Gasteiger partial charge in [0.2, 0.25) is 0 Å². The van der Waals surface area contributed by atoms with Gasteiger partial charge < -0.3 is 0 Å². The van der Waals surface area contributed by atoms with Gasteiger partial charge in [-0.25, -0.2) is 14.4 Å². The Balaban J connectivity index is 2.58. The summed E-state index contributed by atoms with van der Waals surface area (Å²) in [6.45, 7) is 1.77. The van der Waals surface area contributed by atoms with E-state index >= 15 is 0 Å². The summed E-state index contributed by atoms with van der Waals surface area (Å²) in [4.78, 5) is 8.08. The van der Waals surface area contributed by atoms with Crippen molar-refractivity contribution in [1.29, 1.82) is 0 Å². The molecule has 0 atom stereocenters. The van der Waals surface area contributed by atoms with Crippen LogP contribution in [0.15, 0.2) is 24.3 Å². The minimum atomic E-state index is -0.464. The minimum absolute atomic E-state index is 0.263. The van der Waals surface area contributed by atoms with Gasteiger partial charge in [0.15, 0.2) is 5.82 Å². The number of benzene rings is 1. The van der Waals surface area contributed by atoms with Crippen LogP contribution < -0.4 is 0 Å². The van der Waals surface area contributed by atoms with Crippen molar-refractivity contribution in [2.24, 2.45) is 0 Å². The summed E-state index contributed by atoms with van der Waals surface area (Å²) >= 11 is 11.4. The van der Waals surface area contributed by atoms with Crippen LogP contribution in [0.3, 0.4) is 0 Å². The number of hydrogen-bond acceptors (Lipinski definition) is 2. The molecule has 1 heterocycles. The molecule has 0 radical (unpaired) electrons. The Morgan fingerprint density at radius 3 is 2.50 bits per heavy atom. The lowest BCUT2D eigenvalue weighted by atomic mass is 10.2. The molecule has 0 aliphatic heterocycles. The molecule has 0 spiro atoms. The van der Waals surface area contributed by atoms with Gasteiger partial charge in [-0.15, -0.1) is 0 Å². The maximum Gasteiger partial charge on any atom is 0.164 e. The zero-order valence-electron chi connectivity index (χ0n) is 8.34. The number of halogens is 3. The lowest BCUT2D eigenvalue weighted by Gasteiger charge is -2.03. The summed E-state index contributed by atoms with van der Waals surface area (Å²) in [5, 5.41) is 0.622. The molecule has 0 N–H and O–H groups in total. The SMILES string of the molecule is Cc1cc(Cl)nc(-c2ccc(Cl)cc2F)n1. The van der Waals surface area contributed by atoms with E-state index in [0.717, 1.165) is 0 Å². The third-order valence-electron chi connectivity index (χ3n) is 1.99. The van der Waals surface area contributed by atoms with Gasteiger partial charge in [0.05, 0.1) is 5.56 Å². The molecule has 2 nitrogen and oxygen atoms in total. The molecule has 2 rings (SSSR count). The average molecular weight is 257 g/mol. The van der Waals surface area contributed by atoms with Gasteiger partial charge in [-0.1, -0.05) is 23.2 Å². The first-order valence-electron chi connectivity index (χ1n) is 4.53. The third kappa shape index (κ3) is 2.31. The Hall–Kier alpha value is -1.19. The number of aromatic nitrogens is 2. The Bertz CT molecular complexity index is 523. The quantitative estimate of drug-likeness (QED) is 0.724. The van der Waals surface area contributed by atoms with Gasteiger partial charge in [-0.05, 0) is 31.2 Å². The Kier molecular flexibility index (Phi) is 3.08. The summed E-state index contributed by atoms with van der Waals surface area (Å²) in [6.07, 6.45) is 0. The average Bonchev–Trinajstić information content (AvgIpc) is 2.15. The zero-order chi connectivity index (χ0) is 11.7. The van der Waals surface area contributed by atoms with Crippen LogP contribution >= 0.6 is 23.2 Å². The third-order valence-corrected chi connectivity index (χ3v) is 2.42. The summed E-state index contributed by atoms with van der Waals surface area (Å²) in [5.41, 5.74) is 0.972. The van der Waals surface area contributed by atoms with Crippen molar-refractivity contribution < 1.29 is 4.39 Å². The maximum absolute atomic E-state index is 13.6. The highest BCUT2D eigenvalue weighted by Gasteiger charge is 2.09. The van der Waals surface area contributed by atoms with Crippen molar-refractivity contribution >= 4 is 23.2 Å². The van der Waals surface area contributed by atoms with Crippen LogP contribution in [0.1, 0.15) is 5.69 Å². The molecule has 0 amide bonds. The van der Waals surface area contributed by atoms with E-state index in [0.29, 0.717) is 10.7 Å². The van der Waals surface area contributed by atoms with Crippen molar-refractivity contribution in [3.63, 3.8) is 0 Å². The van der Waals surface area contributed by atoms with Gasteiger partial charge in [0.1, 0.15) is 11.0 Å². The second-order valence-electron chi connectivity index (χ2n) is 3.28. The molecule has 0 unspecified atom stereocenters. The van der Waals surface area contributed by atoms with Crippen molar-refractivity contribution in [2.45, 2.75) is 6.92 Å². The van der Waals surface area contributed by atoms with E-state index in [4.69, 9.17) is 23.2 Å². The minimum Gasteiger partial charge on any atom is -0.233 e. The molecule has 0 bridgehead atoms. The fourth-order valence-corrected chi connectivity index (χ4v) is 1.72. The summed E-state index contributed by atoms with van der Waals surface area (Å²) < 4.78 is 13.6. The standard InChI is InChI=1S/C11H7Cl2FN2/c1-6-4-10(13)16-11(15-6)8-3-2-7(12)5-9(8)14/h2-5H,1H3. The van der Waals surface area contributed by atoms with E-state index in [9.17, 15) is 4.39 Å². The second-order valence-corrected chi connectivity index (χ2v) is 4.10. The first-order chi connectivity index (χ1) is 7.56. The summed E-state index contributed by atoms with van der Waals surface area (Å²) in [5.74, 6) is -0.201. The predicted octanol–water partition coefficient (Wildman–Crippen LogP) is 3.90. The monoisotopic (exact) mass is 256 g/mol. The molecule has 5 heteroatoms. The van der Waals surface area contributed by atoms with Crippen LogP contribution in [0.2, 0.25) is 10.2 Å². The predicted molar refractivity (Wildman–Crippen MR) is 62.2 cm³/mol. The summed E-state index contributed by atoms with van der Waals surface area (Å²) in [7, 11) is 0. The lowest BCUT2D eigenvalue weighted by Crippen LogP contribution is -1.94. The number of aryl methyl sites for hydroxylation is 1. The molecule has 0 fully saturated rings. The van der Waals surface area contributed by atoms with Crippen molar-refractivity contribution in [2.75, 3.05) is 0 Å². The number of nitrogens with zero attached hydrogens (tertiary/aromatic N) is 2. The molecule has 1 aromatic carbocycles. The molecule has 1 aromatic heterocycles. The van der Waals surface area contributed by atoms with Crippen LogP contribution in [0.5, 0.6) is 0 Å². The largest absolute Gasteiger partial charge is 0.233 e. The highest BCUT2D eigenvalue weighted by molar-refractivity contribution is 6.30. The molecule has 2 aromatic rings. The Morgan fingerprint density at radius 1 is 1.12 bits per heavy atom. The van der Waals surface area contributed by atoms with Crippen LogP contribution in [0.25, 0.3) is 11.4 Å². The fourth-order valence-electron chi connectivity index (χ4n) is 1.32. The Morgan fingerprint density at radius 2 is 1.88 bits per heavy atom. The summed E-state index contributed by atoms with van der Waals surface area (Å²) in [6, 6.07) is 5.94. The van der Waals surface area contributed by atoms with Crippen LogP contribution in [-0.4, -0.2) is 9.97 Å². The molecule has 0 saturated heterocycles. The van der Waals surface area contributed by atoms with E-state index in [1.165, 1.54) is 12.1 Å². The zero-order valence-corrected chi connectivity index (χ0v) is 9.85. The van der Waals surface area contributed by atoms with Crippen molar-refractivity contribution in [1.82, 2.24) is 9.97 Å². The fraction of sp³-hybridized carbons (Fsp3) is 0.0909. The smallest absolute Gasteiger partial charge is 0.164 e. The first kappa shape index (κ1) is 11.3. The Labute approximate surface area is 102 Å². The highest BCUT2D eigenvalue weighted by atomic mass is 35.5. The van der Waals surface area contributed by atoms with Crippen molar-refractivity contribution in [3.8, 4) is 11.4 Å². The van der Waals surface area contributed by atoms with Gasteiger partial charge in [-0.2, -0.15) is 0 Å². The number of hydrogen-bond donors (Lipinski definition) is 0. The van der Waals surface area contributed by atoms with Crippen LogP contribution in [0.4, 0.5) is 4.39 Å². The van der Waals surface area contributed by atoms with E-state index in [1.807, 2.05) is 0 Å². The van der Waals surface area contributed by atoms with E-state index in [2.05, 4.69) is 9.97 Å². The highest BCUT2D eigenvalue weighted by Crippen LogP contribution is 2.23. The topological polar surface area (TPSA) is 25.8 Å². The van der Waals surface area contributed by atoms with Gasteiger partial charge in [-0.3, -0.25) is 0 Å². The second kappa shape index (κ2) is 4.36. The molecule has 0 saturated carbocycles. The van der Waals surface area contributed by atoms with E-state index < -0.39 is 5.82 Å². The molecule has 0 aliphatic rings. The molecule has 82 valence electrons. The van der Waals surface area contributed by atoms with Gasteiger partial charge in [0.25, 0.3) is 0 Å². The van der Waals surface area contributed by atoms with Gasteiger partial charge in [0, 0.05) is 10.7 Å². The molecular formula is C11H7Cl2FN2. The van der Waals surface area contributed by atoms with Crippen LogP contribution in [-0.2, 0) is 0 Å². The van der Waals surface area contributed by atoms with E-state index in [-0.39, 0.29) is 16.5 Å². The number of rotatable bonds is 1. The first-order valence-corrected chi connectivity index (χ1v) is 5.28. The van der Waals surface area contributed by atoms with Crippen molar-refractivity contribution in [3.05, 3.63) is 46.0 Å². The lowest BCUT2D eigenvalue weighted by molar-refractivity contribution is 0.630. The van der Waals surface area contributed by atoms with Gasteiger partial charge >= 0.3 is 0 Å². The normalized spacial score (nSPS) is 10.5.